The zero-order valence-electron chi connectivity index (χ0n) is 14.1. The molecular weight excluding hydrogens is 324 g/mol. The van der Waals surface area contributed by atoms with E-state index in [2.05, 4.69) is 22.0 Å². The standard InChI is InChI=1S/C17H24N4O2S/c1-2-3-4-7-16(22)21-10-8-20(9-11-21)13-15-18-17(19-23-15)14-6-5-12-24-14/h5-6,12H,2-4,7-11,13H2,1H3. The highest BCUT2D eigenvalue weighted by atomic mass is 32.1. The highest BCUT2D eigenvalue weighted by molar-refractivity contribution is 7.13. The van der Waals surface area contributed by atoms with Gasteiger partial charge in [-0.2, -0.15) is 4.98 Å². The molecule has 1 amide bonds. The summed E-state index contributed by atoms with van der Waals surface area (Å²) < 4.78 is 5.35. The van der Waals surface area contributed by atoms with Gasteiger partial charge in [0, 0.05) is 32.6 Å². The van der Waals surface area contributed by atoms with Crippen LogP contribution in [0.5, 0.6) is 0 Å². The van der Waals surface area contributed by atoms with Crippen LogP contribution in [0.1, 0.15) is 38.5 Å². The van der Waals surface area contributed by atoms with Gasteiger partial charge in [0.2, 0.25) is 17.6 Å². The highest BCUT2D eigenvalue weighted by Gasteiger charge is 2.22. The van der Waals surface area contributed by atoms with Crippen molar-refractivity contribution in [3.05, 3.63) is 23.4 Å². The lowest BCUT2D eigenvalue weighted by Gasteiger charge is -2.34. The third-order valence-electron chi connectivity index (χ3n) is 4.29. The van der Waals surface area contributed by atoms with Gasteiger partial charge in [-0.15, -0.1) is 11.3 Å². The summed E-state index contributed by atoms with van der Waals surface area (Å²) >= 11 is 1.60. The van der Waals surface area contributed by atoms with Gasteiger partial charge in [-0.1, -0.05) is 31.0 Å². The maximum absolute atomic E-state index is 12.1. The minimum atomic E-state index is 0.292. The molecule has 6 nitrogen and oxygen atoms in total. The van der Waals surface area contributed by atoms with E-state index in [0.717, 1.165) is 50.3 Å². The van der Waals surface area contributed by atoms with Crippen LogP contribution in [0.4, 0.5) is 0 Å². The molecule has 1 aliphatic rings. The summed E-state index contributed by atoms with van der Waals surface area (Å²) in [5, 5.41) is 6.04. The average molecular weight is 348 g/mol. The molecule has 2 aromatic heterocycles. The third kappa shape index (κ3) is 4.42. The first-order chi connectivity index (χ1) is 11.8. The van der Waals surface area contributed by atoms with E-state index in [1.165, 1.54) is 0 Å². The molecule has 7 heteroatoms. The molecule has 1 fully saturated rings. The van der Waals surface area contributed by atoms with Crippen LogP contribution in [0, 0.1) is 0 Å². The molecule has 0 saturated carbocycles. The van der Waals surface area contributed by atoms with E-state index in [1.807, 2.05) is 22.4 Å². The van der Waals surface area contributed by atoms with E-state index in [9.17, 15) is 4.79 Å². The van der Waals surface area contributed by atoms with E-state index in [4.69, 9.17) is 4.52 Å². The average Bonchev–Trinajstić information content (AvgIpc) is 3.27. The second-order valence-corrected chi connectivity index (χ2v) is 7.05. The Morgan fingerprint density at radius 3 is 2.83 bits per heavy atom. The topological polar surface area (TPSA) is 62.5 Å². The zero-order chi connectivity index (χ0) is 16.8. The molecule has 130 valence electrons. The van der Waals surface area contributed by atoms with Gasteiger partial charge in [-0.3, -0.25) is 9.69 Å². The second kappa shape index (κ2) is 8.39. The number of hydrogen-bond donors (Lipinski definition) is 0. The first kappa shape index (κ1) is 17.1. The van der Waals surface area contributed by atoms with Crippen LogP contribution in [0.3, 0.4) is 0 Å². The Labute approximate surface area is 146 Å². The molecule has 0 aromatic carbocycles. The van der Waals surface area contributed by atoms with Crippen molar-refractivity contribution in [1.82, 2.24) is 19.9 Å². The van der Waals surface area contributed by atoms with Gasteiger partial charge in [0.15, 0.2) is 0 Å². The Balaban J connectivity index is 1.45. The molecule has 0 unspecified atom stereocenters. The van der Waals surface area contributed by atoms with Crippen LogP contribution >= 0.6 is 11.3 Å². The van der Waals surface area contributed by atoms with Crippen LogP contribution in [0.25, 0.3) is 10.7 Å². The van der Waals surface area contributed by atoms with Crippen molar-refractivity contribution in [3.63, 3.8) is 0 Å². The van der Waals surface area contributed by atoms with Crippen molar-refractivity contribution in [3.8, 4) is 10.7 Å². The molecule has 3 heterocycles. The number of thiophene rings is 1. The summed E-state index contributed by atoms with van der Waals surface area (Å²) in [6.45, 7) is 6.10. The molecule has 0 aliphatic carbocycles. The Bertz CT molecular complexity index is 633. The number of piperazine rings is 1. The predicted molar refractivity (Wildman–Crippen MR) is 93.6 cm³/mol. The van der Waals surface area contributed by atoms with Gasteiger partial charge in [-0.05, 0) is 17.9 Å². The summed E-state index contributed by atoms with van der Waals surface area (Å²) in [6, 6.07) is 3.97. The van der Waals surface area contributed by atoms with Crippen molar-refractivity contribution in [2.24, 2.45) is 0 Å². The summed E-state index contributed by atoms with van der Waals surface area (Å²) in [4.78, 5) is 21.9. The number of carbonyl (C=O) groups excluding carboxylic acids is 1. The van der Waals surface area contributed by atoms with E-state index < -0.39 is 0 Å². The molecule has 0 N–H and O–H groups in total. The van der Waals surface area contributed by atoms with Crippen LogP contribution in [0.2, 0.25) is 0 Å². The van der Waals surface area contributed by atoms with Crippen molar-refractivity contribution in [2.45, 2.75) is 39.2 Å². The molecule has 0 spiro atoms. The van der Waals surface area contributed by atoms with Gasteiger partial charge in [0.05, 0.1) is 11.4 Å². The normalized spacial score (nSPS) is 15.8. The molecule has 0 atom stereocenters. The van der Waals surface area contributed by atoms with Crippen molar-refractivity contribution >= 4 is 17.2 Å². The predicted octanol–water partition coefficient (Wildman–Crippen LogP) is 3.02. The number of unbranched alkanes of at least 4 members (excludes halogenated alkanes) is 2. The van der Waals surface area contributed by atoms with Crippen molar-refractivity contribution in [1.29, 1.82) is 0 Å². The number of nitrogens with zero attached hydrogens (tertiary/aromatic N) is 4. The van der Waals surface area contributed by atoms with Gasteiger partial charge < -0.3 is 9.42 Å². The van der Waals surface area contributed by atoms with Gasteiger partial charge in [0.25, 0.3) is 0 Å². The first-order valence-electron chi connectivity index (χ1n) is 8.63. The Morgan fingerprint density at radius 2 is 2.12 bits per heavy atom. The molecule has 1 aliphatic heterocycles. The number of rotatable bonds is 7. The highest BCUT2D eigenvalue weighted by Crippen LogP contribution is 2.21. The molecule has 0 radical (unpaired) electrons. The quantitative estimate of drug-likeness (QED) is 0.720. The summed E-state index contributed by atoms with van der Waals surface area (Å²) in [7, 11) is 0. The molecule has 2 aromatic rings. The Morgan fingerprint density at radius 1 is 1.29 bits per heavy atom. The third-order valence-corrected chi connectivity index (χ3v) is 5.15. The fourth-order valence-electron chi connectivity index (χ4n) is 2.86. The van der Waals surface area contributed by atoms with Gasteiger partial charge >= 0.3 is 0 Å². The molecule has 0 bridgehead atoms. The Hall–Kier alpha value is -1.73. The second-order valence-electron chi connectivity index (χ2n) is 6.10. The van der Waals surface area contributed by atoms with Crippen LogP contribution in [-0.4, -0.2) is 52.0 Å². The van der Waals surface area contributed by atoms with E-state index in [-0.39, 0.29) is 0 Å². The lowest BCUT2D eigenvalue weighted by molar-refractivity contribution is -0.133. The molecule has 3 rings (SSSR count). The number of aromatic nitrogens is 2. The SMILES string of the molecule is CCCCCC(=O)N1CCN(Cc2nc(-c3cccs3)no2)CC1. The fraction of sp³-hybridized carbons (Fsp3) is 0.588. The largest absolute Gasteiger partial charge is 0.340 e. The smallest absolute Gasteiger partial charge is 0.241 e. The number of amides is 1. The fourth-order valence-corrected chi connectivity index (χ4v) is 3.51. The van der Waals surface area contributed by atoms with Crippen LogP contribution in [0.15, 0.2) is 22.0 Å². The molecule has 1 saturated heterocycles. The van der Waals surface area contributed by atoms with E-state index >= 15 is 0 Å². The van der Waals surface area contributed by atoms with Crippen molar-refractivity contribution in [2.75, 3.05) is 26.2 Å². The minimum Gasteiger partial charge on any atom is -0.340 e. The minimum absolute atomic E-state index is 0.292. The number of carbonyl (C=O) groups is 1. The summed E-state index contributed by atoms with van der Waals surface area (Å²) in [6.07, 6.45) is 3.97. The summed E-state index contributed by atoms with van der Waals surface area (Å²) in [5.74, 6) is 1.59. The Kier molecular flexibility index (Phi) is 5.98. The zero-order valence-corrected chi connectivity index (χ0v) is 14.9. The maximum atomic E-state index is 12.1. The molecule has 24 heavy (non-hydrogen) atoms. The lowest BCUT2D eigenvalue weighted by Crippen LogP contribution is -2.48. The van der Waals surface area contributed by atoms with E-state index in [1.54, 1.807) is 11.3 Å². The first-order valence-corrected chi connectivity index (χ1v) is 9.51. The lowest BCUT2D eigenvalue weighted by atomic mass is 10.2. The summed E-state index contributed by atoms with van der Waals surface area (Å²) in [5.41, 5.74) is 0. The van der Waals surface area contributed by atoms with Crippen LogP contribution < -0.4 is 0 Å². The van der Waals surface area contributed by atoms with Gasteiger partial charge in [-0.25, -0.2) is 0 Å². The monoisotopic (exact) mass is 348 g/mol. The van der Waals surface area contributed by atoms with Crippen LogP contribution in [-0.2, 0) is 11.3 Å². The van der Waals surface area contributed by atoms with E-state index in [0.29, 0.717) is 30.6 Å². The number of hydrogen-bond acceptors (Lipinski definition) is 6. The van der Waals surface area contributed by atoms with Gasteiger partial charge in [0.1, 0.15) is 0 Å². The molecular formula is C17H24N4O2S. The maximum Gasteiger partial charge on any atom is 0.241 e. The van der Waals surface area contributed by atoms with Crippen molar-refractivity contribution < 1.29 is 9.32 Å².